The lowest BCUT2D eigenvalue weighted by Gasteiger charge is -2.08. The minimum atomic E-state index is -0.195. The number of benzene rings is 1. The van der Waals surface area contributed by atoms with Crippen LogP contribution in [0.3, 0.4) is 0 Å². The largest absolute Gasteiger partial charge is 0.497 e. The van der Waals surface area contributed by atoms with E-state index in [1.165, 1.54) is 0 Å². The third-order valence-corrected chi connectivity index (χ3v) is 2.28. The van der Waals surface area contributed by atoms with Gasteiger partial charge in [0.2, 0.25) is 0 Å². The maximum Gasteiger partial charge on any atom is 0.253 e. The van der Waals surface area contributed by atoms with Crippen LogP contribution < -0.4 is 15.8 Å². The standard InChI is InChI=1S/C13H18N2O2/c1-9(2)6-7-15-13(16)11-8-10(17-3)4-5-12(11)14/h4-6,8H,7,14H2,1-3H3,(H,15,16). The van der Waals surface area contributed by atoms with Crippen molar-refractivity contribution >= 4 is 11.6 Å². The van der Waals surface area contributed by atoms with Crippen LogP contribution in [-0.2, 0) is 0 Å². The maximum atomic E-state index is 11.8. The van der Waals surface area contributed by atoms with Crippen molar-refractivity contribution in [2.75, 3.05) is 19.4 Å². The van der Waals surface area contributed by atoms with E-state index in [0.29, 0.717) is 23.5 Å². The van der Waals surface area contributed by atoms with Gasteiger partial charge in [0, 0.05) is 12.2 Å². The third-order valence-electron chi connectivity index (χ3n) is 2.28. The first-order chi connectivity index (χ1) is 8.04. The highest BCUT2D eigenvalue weighted by Gasteiger charge is 2.09. The molecule has 0 aliphatic carbocycles. The molecule has 4 nitrogen and oxygen atoms in total. The molecule has 0 fully saturated rings. The molecular weight excluding hydrogens is 216 g/mol. The quantitative estimate of drug-likeness (QED) is 0.618. The second kappa shape index (κ2) is 5.94. The maximum absolute atomic E-state index is 11.8. The van der Waals surface area contributed by atoms with Gasteiger partial charge in [-0.3, -0.25) is 4.79 Å². The van der Waals surface area contributed by atoms with Gasteiger partial charge < -0.3 is 15.8 Å². The summed E-state index contributed by atoms with van der Waals surface area (Å²) in [5.74, 6) is 0.422. The minimum Gasteiger partial charge on any atom is -0.497 e. The van der Waals surface area contributed by atoms with E-state index in [4.69, 9.17) is 10.5 Å². The normalized spacial score (nSPS) is 9.59. The van der Waals surface area contributed by atoms with Gasteiger partial charge in [-0.25, -0.2) is 0 Å². The van der Waals surface area contributed by atoms with Crippen LogP contribution in [0.15, 0.2) is 29.8 Å². The Morgan fingerprint density at radius 3 is 2.76 bits per heavy atom. The molecule has 0 saturated carbocycles. The zero-order valence-electron chi connectivity index (χ0n) is 10.4. The number of carbonyl (C=O) groups is 1. The molecule has 1 rings (SSSR count). The highest BCUT2D eigenvalue weighted by atomic mass is 16.5. The van der Waals surface area contributed by atoms with E-state index in [-0.39, 0.29) is 5.91 Å². The second-order valence-electron chi connectivity index (χ2n) is 3.94. The monoisotopic (exact) mass is 234 g/mol. The first-order valence-electron chi connectivity index (χ1n) is 5.39. The van der Waals surface area contributed by atoms with E-state index in [1.54, 1.807) is 25.3 Å². The molecule has 1 aromatic rings. The minimum absolute atomic E-state index is 0.195. The molecule has 0 saturated heterocycles. The van der Waals surface area contributed by atoms with Crippen LogP contribution in [0.4, 0.5) is 5.69 Å². The van der Waals surface area contributed by atoms with Crippen LogP contribution in [0.25, 0.3) is 0 Å². The van der Waals surface area contributed by atoms with Gasteiger partial charge in [-0.15, -0.1) is 0 Å². The summed E-state index contributed by atoms with van der Waals surface area (Å²) in [7, 11) is 1.55. The number of rotatable bonds is 4. The Labute approximate surface area is 101 Å². The summed E-state index contributed by atoms with van der Waals surface area (Å²) in [4.78, 5) is 11.8. The van der Waals surface area contributed by atoms with E-state index < -0.39 is 0 Å². The number of allylic oxidation sites excluding steroid dienone is 1. The van der Waals surface area contributed by atoms with E-state index in [2.05, 4.69) is 5.32 Å². The molecule has 92 valence electrons. The summed E-state index contributed by atoms with van der Waals surface area (Å²) < 4.78 is 5.06. The number of hydrogen-bond acceptors (Lipinski definition) is 3. The van der Waals surface area contributed by atoms with Crippen molar-refractivity contribution in [3.8, 4) is 5.75 Å². The topological polar surface area (TPSA) is 64.3 Å². The Kier molecular flexibility index (Phi) is 4.57. The zero-order chi connectivity index (χ0) is 12.8. The second-order valence-corrected chi connectivity index (χ2v) is 3.94. The molecule has 0 heterocycles. The number of hydrogen-bond donors (Lipinski definition) is 2. The van der Waals surface area contributed by atoms with Crippen molar-refractivity contribution in [2.24, 2.45) is 0 Å². The van der Waals surface area contributed by atoms with Crippen LogP contribution in [0.1, 0.15) is 24.2 Å². The molecule has 0 radical (unpaired) electrons. The summed E-state index contributed by atoms with van der Waals surface area (Å²) in [5.41, 5.74) is 7.78. The van der Waals surface area contributed by atoms with Gasteiger partial charge in [-0.05, 0) is 32.0 Å². The third kappa shape index (κ3) is 3.83. The van der Waals surface area contributed by atoms with Crippen molar-refractivity contribution in [1.82, 2.24) is 5.32 Å². The summed E-state index contributed by atoms with van der Waals surface area (Å²) >= 11 is 0. The first kappa shape index (κ1) is 13.1. The number of ether oxygens (including phenoxy) is 1. The molecular formula is C13H18N2O2. The molecule has 0 spiro atoms. The highest BCUT2D eigenvalue weighted by molar-refractivity contribution is 5.99. The molecule has 0 aliphatic rings. The predicted molar refractivity (Wildman–Crippen MR) is 69.2 cm³/mol. The van der Waals surface area contributed by atoms with E-state index in [9.17, 15) is 4.79 Å². The van der Waals surface area contributed by atoms with Crippen LogP contribution >= 0.6 is 0 Å². The Hall–Kier alpha value is -1.97. The summed E-state index contributed by atoms with van der Waals surface area (Å²) in [6, 6.07) is 5.02. The Morgan fingerprint density at radius 1 is 1.47 bits per heavy atom. The van der Waals surface area contributed by atoms with Gasteiger partial charge in [0.15, 0.2) is 0 Å². The van der Waals surface area contributed by atoms with Crippen LogP contribution in [0.5, 0.6) is 5.75 Å². The number of methoxy groups -OCH3 is 1. The molecule has 0 bridgehead atoms. The van der Waals surface area contributed by atoms with E-state index in [1.807, 2.05) is 19.9 Å². The van der Waals surface area contributed by atoms with Gasteiger partial charge in [0.05, 0.1) is 12.7 Å². The fourth-order valence-corrected chi connectivity index (χ4v) is 1.30. The van der Waals surface area contributed by atoms with Crippen LogP contribution in [0.2, 0.25) is 0 Å². The molecule has 1 amide bonds. The lowest BCUT2D eigenvalue weighted by atomic mass is 10.1. The molecule has 0 aromatic heterocycles. The predicted octanol–water partition coefficient (Wildman–Crippen LogP) is 1.97. The number of anilines is 1. The number of amides is 1. The van der Waals surface area contributed by atoms with Crippen LogP contribution in [0, 0.1) is 0 Å². The average Bonchev–Trinajstić information content (AvgIpc) is 2.29. The van der Waals surface area contributed by atoms with Gasteiger partial charge in [0.25, 0.3) is 5.91 Å². The summed E-state index contributed by atoms with van der Waals surface area (Å²) in [6.45, 7) is 4.45. The van der Waals surface area contributed by atoms with Gasteiger partial charge in [-0.2, -0.15) is 0 Å². The number of nitrogens with one attached hydrogen (secondary N) is 1. The number of nitrogen functional groups attached to an aromatic ring is 1. The lowest BCUT2D eigenvalue weighted by molar-refractivity contribution is 0.0958. The molecule has 1 aromatic carbocycles. The van der Waals surface area contributed by atoms with Crippen molar-refractivity contribution in [3.05, 3.63) is 35.4 Å². The average molecular weight is 234 g/mol. The molecule has 0 aliphatic heterocycles. The molecule has 0 unspecified atom stereocenters. The van der Waals surface area contributed by atoms with Crippen LogP contribution in [-0.4, -0.2) is 19.6 Å². The Bertz CT molecular complexity index is 435. The smallest absolute Gasteiger partial charge is 0.253 e. The van der Waals surface area contributed by atoms with Crippen molar-refractivity contribution in [3.63, 3.8) is 0 Å². The van der Waals surface area contributed by atoms with Crippen molar-refractivity contribution in [2.45, 2.75) is 13.8 Å². The van der Waals surface area contributed by atoms with Crippen molar-refractivity contribution in [1.29, 1.82) is 0 Å². The van der Waals surface area contributed by atoms with Gasteiger partial charge in [0.1, 0.15) is 5.75 Å². The fourth-order valence-electron chi connectivity index (χ4n) is 1.30. The Morgan fingerprint density at radius 2 is 2.18 bits per heavy atom. The van der Waals surface area contributed by atoms with Crippen molar-refractivity contribution < 1.29 is 9.53 Å². The first-order valence-corrected chi connectivity index (χ1v) is 5.39. The zero-order valence-corrected chi connectivity index (χ0v) is 10.4. The summed E-state index contributed by atoms with van der Waals surface area (Å²) in [6.07, 6.45) is 1.94. The highest BCUT2D eigenvalue weighted by Crippen LogP contribution is 2.19. The number of nitrogens with two attached hydrogens (primary N) is 1. The Balaban J connectivity index is 2.77. The van der Waals surface area contributed by atoms with E-state index >= 15 is 0 Å². The summed E-state index contributed by atoms with van der Waals surface area (Å²) in [5, 5.41) is 2.77. The molecule has 0 atom stereocenters. The van der Waals surface area contributed by atoms with E-state index in [0.717, 1.165) is 5.57 Å². The number of carbonyl (C=O) groups excluding carboxylic acids is 1. The lowest BCUT2D eigenvalue weighted by Crippen LogP contribution is -2.24. The molecule has 3 N–H and O–H groups in total. The molecule has 4 heteroatoms. The SMILES string of the molecule is COc1ccc(N)c(C(=O)NCC=C(C)C)c1. The van der Waals surface area contributed by atoms with Gasteiger partial charge in [-0.1, -0.05) is 11.6 Å². The van der Waals surface area contributed by atoms with Gasteiger partial charge >= 0.3 is 0 Å². The fraction of sp³-hybridized carbons (Fsp3) is 0.308. The molecule has 17 heavy (non-hydrogen) atoms.